The van der Waals surface area contributed by atoms with Crippen molar-refractivity contribution in [3.8, 4) is 0 Å². The highest BCUT2D eigenvalue weighted by Crippen LogP contribution is 2.34. The second-order valence-corrected chi connectivity index (χ2v) is 7.12. The number of non-ortho nitro benzene ring substituents is 2. The minimum absolute atomic E-state index is 0.0276. The maximum absolute atomic E-state index is 11.1. The zero-order chi connectivity index (χ0) is 19.8. The van der Waals surface area contributed by atoms with Crippen LogP contribution >= 0.6 is 0 Å². The number of benzene rings is 2. The van der Waals surface area contributed by atoms with Gasteiger partial charge in [-0.3, -0.25) is 20.2 Å². The molecule has 0 spiro atoms. The summed E-state index contributed by atoms with van der Waals surface area (Å²) in [6, 6.07) is 11.5. The van der Waals surface area contributed by atoms with Gasteiger partial charge in [-0.2, -0.15) is 0 Å². The van der Waals surface area contributed by atoms with Crippen LogP contribution in [0.5, 0.6) is 0 Å². The molecule has 0 radical (unpaired) electrons. The lowest BCUT2D eigenvalue weighted by Crippen LogP contribution is -2.36. The molecule has 2 aromatic carbocycles. The van der Waals surface area contributed by atoms with E-state index in [9.17, 15) is 20.2 Å². The van der Waals surface area contributed by atoms with E-state index in [1.165, 1.54) is 18.2 Å². The van der Waals surface area contributed by atoms with Crippen molar-refractivity contribution in [2.75, 3.05) is 0 Å². The summed E-state index contributed by atoms with van der Waals surface area (Å²) < 4.78 is 5.88. The Hall–Kier alpha value is -3.26. The highest BCUT2D eigenvalue weighted by atomic mass is 16.6. The average molecular weight is 381 g/mol. The summed E-state index contributed by atoms with van der Waals surface area (Å²) in [5.74, 6) is 0.900. The second-order valence-electron chi connectivity index (χ2n) is 7.12. The standard InChI is InChI=1S/C20H19N3O5/c1-12(13-2-5-15(6-3-13)22(24)25)21-14-4-8-19-17(10-14)18-11-16(23(26)27)7-9-20(18)28-19/h2-3,5-7,9,11-12,14,21H,4,8,10H2,1H3/t12-,14?/m1/s1. The Morgan fingerprint density at radius 3 is 2.43 bits per heavy atom. The molecule has 0 bridgehead atoms. The normalized spacial score (nSPS) is 17.2. The summed E-state index contributed by atoms with van der Waals surface area (Å²) in [6.45, 7) is 2.02. The van der Waals surface area contributed by atoms with Crippen LogP contribution in [-0.2, 0) is 12.8 Å². The van der Waals surface area contributed by atoms with Crippen LogP contribution in [0, 0.1) is 20.2 Å². The number of nitrogens with zero attached hydrogens (tertiary/aromatic N) is 2. The van der Waals surface area contributed by atoms with Crippen LogP contribution in [0.2, 0.25) is 0 Å². The SMILES string of the molecule is C[C@@H](NC1CCc2oc3ccc([N+](=O)[O-])cc3c2C1)c1ccc([N+](=O)[O-])cc1. The molecule has 0 saturated heterocycles. The molecule has 8 nitrogen and oxygen atoms in total. The summed E-state index contributed by atoms with van der Waals surface area (Å²) in [4.78, 5) is 21.1. The predicted octanol–water partition coefficient (Wildman–Crippen LogP) is 4.46. The predicted molar refractivity (Wildman–Crippen MR) is 103 cm³/mol. The van der Waals surface area contributed by atoms with Gasteiger partial charge in [0.15, 0.2) is 0 Å². The van der Waals surface area contributed by atoms with Crippen molar-refractivity contribution in [2.45, 2.75) is 38.3 Å². The third-order valence-corrected chi connectivity index (χ3v) is 5.33. The Morgan fingerprint density at radius 1 is 1.07 bits per heavy atom. The molecule has 144 valence electrons. The van der Waals surface area contributed by atoms with E-state index in [-0.39, 0.29) is 23.5 Å². The summed E-state index contributed by atoms with van der Waals surface area (Å²) in [5, 5.41) is 26.3. The molecule has 1 aromatic heterocycles. The first kappa shape index (κ1) is 18.1. The maximum atomic E-state index is 11.1. The monoisotopic (exact) mass is 381 g/mol. The van der Waals surface area contributed by atoms with E-state index in [1.54, 1.807) is 24.3 Å². The Balaban J connectivity index is 1.53. The smallest absolute Gasteiger partial charge is 0.270 e. The van der Waals surface area contributed by atoms with Crippen LogP contribution in [0.3, 0.4) is 0 Å². The highest BCUT2D eigenvalue weighted by Gasteiger charge is 2.26. The lowest BCUT2D eigenvalue weighted by Gasteiger charge is -2.26. The highest BCUT2D eigenvalue weighted by molar-refractivity contribution is 5.84. The van der Waals surface area contributed by atoms with Gasteiger partial charge >= 0.3 is 0 Å². The zero-order valence-corrected chi connectivity index (χ0v) is 15.3. The summed E-state index contributed by atoms with van der Waals surface area (Å²) in [7, 11) is 0. The largest absolute Gasteiger partial charge is 0.461 e. The molecular formula is C20H19N3O5. The number of furan rings is 1. The van der Waals surface area contributed by atoms with Gasteiger partial charge in [-0.25, -0.2) is 0 Å². The van der Waals surface area contributed by atoms with E-state index in [2.05, 4.69) is 5.32 Å². The number of aryl methyl sites for hydroxylation is 1. The third kappa shape index (κ3) is 3.34. The van der Waals surface area contributed by atoms with Crippen LogP contribution in [0.15, 0.2) is 46.9 Å². The van der Waals surface area contributed by atoms with E-state index < -0.39 is 9.85 Å². The third-order valence-electron chi connectivity index (χ3n) is 5.33. The van der Waals surface area contributed by atoms with Crippen molar-refractivity contribution in [2.24, 2.45) is 0 Å². The average Bonchev–Trinajstić information content (AvgIpc) is 3.05. The van der Waals surface area contributed by atoms with Gasteiger partial charge in [0.25, 0.3) is 11.4 Å². The van der Waals surface area contributed by atoms with E-state index in [1.807, 2.05) is 6.92 Å². The number of nitro benzene ring substituents is 2. The zero-order valence-electron chi connectivity index (χ0n) is 15.3. The van der Waals surface area contributed by atoms with Gasteiger partial charge in [0.1, 0.15) is 11.3 Å². The van der Waals surface area contributed by atoms with Gasteiger partial charge in [0.2, 0.25) is 0 Å². The second kappa shape index (κ2) is 7.05. The summed E-state index contributed by atoms with van der Waals surface area (Å²) in [6.07, 6.45) is 2.38. The molecule has 0 amide bonds. The number of nitrogens with one attached hydrogen (secondary N) is 1. The van der Waals surface area contributed by atoms with E-state index in [0.717, 1.165) is 41.5 Å². The Labute approximate surface area is 160 Å². The fourth-order valence-corrected chi connectivity index (χ4v) is 3.86. The lowest BCUT2D eigenvalue weighted by molar-refractivity contribution is -0.385. The first-order valence-electron chi connectivity index (χ1n) is 9.11. The molecule has 1 unspecified atom stereocenters. The Kier molecular flexibility index (Phi) is 4.56. The molecule has 1 heterocycles. The van der Waals surface area contributed by atoms with Gasteiger partial charge in [0, 0.05) is 53.7 Å². The molecule has 4 rings (SSSR count). The number of hydrogen-bond acceptors (Lipinski definition) is 6. The molecule has 1 aliphatic carbocycles. The van der Waals surface area contributed by atoms with Crippen molar-refractivity contribution in [1.29, 1.82) is 0 Å². The molecule has 0 aliphatic heterocycles. The van der Waals surface area contributed by atoms with Crippen LogP contribution in [0.25, 0.3) is 11.0 Å². The molecule has 2 atom stereocenters. The molecule has 0 fully saturated rings. The number of fused-ring (bicyclic) bond motifs is 3. The first-order chi connectivity index (χ1) is 13.4. The van der Waals surface area contributed by atoms with E-state index >= 15 is 0 Å². The van der Waals surface area contributed by atoms with Gasteiger partial charge < -0.3 is 9.73 Å². The lowest BCUT2D eigenvalue weighted by atomic mass is 9.90. The fourth-order valence-electron chi connectivity index (χ4n) is 3.86. The summed E-state index contributed by atoms with van der Waals surface area (Å²) in [5.41, 5.74) is 2.82. The van der Waals surface area contributed by atoms with Gasteiger partial charge in [-0.1, -0.05) is 12.1 Å². The van der Waals surface area contributed by atoms with Crippen molar-refractivity contribution < 1.29 is 14.3 Å². The quantitative estimate of drug-likeness (QED) is 0.516. The molecule has 1 aliphatic rings. The van der Waals surface area contributed by atoms with E-state index in [0.29, 0.717) is 5.58 Å². The van der Waals surface area contributed by atoms with Crippen LogP contribution in [0.1, 0.15) is 36.3 Å². The van der Waals surface area contributed by atoms with Crippen LogP contribution in [-0.4, -0.2) is 15.9 Å². The van der Waals surface area contributed by atoms with Gasteiger partial charge in [-0.15, -0.1) is 0 Å². The molecule has 0 saturated carbocycles. The summed E-state index contributed by atoms with van der Waals surface area (Å²) >= 11 is 0. The van der Waals surface area contributed by atoms with Crippen molar-refractivity contribution in [3.05, 3.63) is 79.6 Å². The molecule has 8 heteroatoms. The molecule has 1 N–H and O–H groups in total. The van der Waals surface area contributed by atoms with Crippen LogP contribution < -0.4 is 5.32 Å². The number of nitro groups is 2. The van der Waals surface area contributed by atoms with Gasteiger partial charge in [0.05, 0.1) is 9.85 Å². The Bertz CT molecular complexity index is 1060. The molecule has 3 aromatic rings. The minimum atomic E-state index is -0.409. The topological polar surface area (TPSA) is 111 Å². The van der Waals surface area contributed by atoms with Crippen molar-refractivity contribution in [1.82, 2.24) is 5.32 Å². The Morgan fingerprint density at radius 2 is 1.75 bits per heavy atom. The van der Waals surface area contributed by atoms with Crippen molar-refractivity contribution >= 4 is 22.3 Å². The maximum Gasteiger partial charge on any atom is 0.270 e. The van der Waals surface area contributed by atoms with Crippen molar-refractivity contribution in [3.63, 3.8) is 0 Å². The van der Waals surface area contributed by atoms with Gasteiger partial charge in [-0.05, 0) is 31.4 Å². The van der Waals surface area contributed by atoms with E-state index in [4.69, 9.17) is 4.42 Å². The fraction of sp³-hybridized carbons (Fsp3) is 0.300. The minimum Gasteiger partial charge on any atom is -0.461 e. The molecular weight excluding hydrogens is 362 g/mol. The van der Waals surface area contributed by atoms with Crippen LogP contribution in [0.4, 0.5) is 11.4 Å². The number of rotatable bonds is 5. The number of hydrogen-bond donors (Lipinski definition) is 1. The molecule has 28 heavy (non-hydrogen) atoms. The first-order valence-corrected chi connectivity index (χ1v) is 9.11.